The summed E-state index contributed by atoms with van der Waals surface area (Å²) in [6.07, 6.45) is 2.36. The van der Waals surface area contributed by atoms with Crippen molar-refractivity contribution in [2.75, 3.05) is 13.1 Å². The molecule has 23 heavy (non-hydrogen) atoms. The Morgan fingerprint density at radius 3 is 3.09 bits per heavy atom. The van der Waals surface area contributed by atoms with Crippen molar-refractivity contribution in [3.8, 4) is 0 Å². The number of aromatic nitrogens is 2. The molecule has 0 saturated carbocycles. The van der Waals surface area contributed by atoms with Gasteiger partial charge in [-0.2, -0.15) is 0 Å². The first kappa shape index (κ1) is 15.9. The molecule has 1 saturated heterocycles. The maximum atomic E-state index is 13.8. The number of hydrogen-bond donors (Lipinski definition) is 2. The lowest BCUT2D eigenvalue weighted by Gasteiger charge is -2.27. The molecule has 5 nitrogen and oxygen atoms in total. The van der Waals surface area contributed by atoms with E-state index in [4.69, 9.17) is 0 Å². The fraction of sp³-hybridized carbons (Fsp3) is 0.529. The van der Waals surface area contributed by atoms with Crippen LogP contribution in [0.1, 0.15) is 25.6 Å². The van der Waals surface area contributed by atoms with E-state index in [0.717, 1.165) is 30.7 Å². The van der Waals surface area contributed by atoms with Gasteiger partial charge in [0.15, 0.2) is 5.82 Å². The molecule has 1 aliphatic heterocycles. The minimum atomic E-state index is -0.308. The Morgan fingerprint density at radius 2 is 2.35 bits per heavy atom. The lowest BCUT2D eigenvalue weighted by Crippen LogP contribution is -2.42. The summed E-state index contributed by atoms with van der Waals surface area (Å²) in [6, 6.07) is 5.34. The second-order valence-corrected chi connectivity index (χ2v) is 6.31. The number of imidazole rings is 1. The molecule has 0 unspecified atom stereocenters. The minimum Gasteiger partial charge on any atom is -0.355 e. The molecule has 0 aliphatic carbocycles. The van der Waals surface area contributed by atoms with Crippen molar-refractivity contribution < 1.29 is 9.18 Å². The number of halogens is 1. The van der Waals surface area contributed by atoms with Gasteiger partial charge < -0.3 is 15.2 Å². The number of benzene rings is 1. The Bertz CT molecular complexity index is 712. The lowest BCUT2D eigenvalue weighted by atomic mass is 9.92. The quantitative estimate of drug-likeness (QED) is 0.903. The number of aryl methyl sites for hydroxylation is 1. The molecule has 3 rings (SSSR count). The average molecular weight is 318 g/mol. The summed E-state index contributed by atoms with van der Waals surface area (Å²) in [5.74, 6) is 0.675. The van der Waals surface area contributed by atoms with E-state index in [9.17, 15) is 9.18 Å². The number of piperidine rings is 1. The molecule has 2 heterocycles. The third kappa shape index (κ3) is 3.37. The first-order valence-corrected chi connectivity index (χ1v) is 8.17. The zero-order chi connectivity index (χ0) is 16.4. The van der Waals surface area contributed by atoms with E-state index in [0.29, 0.717) is 24.5 Å². The monoisotopic (exact) mass is 318 g/mol. The van der Waals surface area contributed by atoms with Crippen LogP contribution in [-0.4, -0.2) is 34.6 Å². The Morgan fingerprint density at radius 1 is 1.52 bits per heavy atom. The van der Waals surface area contributed by atoms with E-state index in [2.05, 4.69) is 22.5 Å². The first-order valence-electron chi connectivity index (χ1n) is 8.17. The highest BCUT2D eigenvalue weighted by Gasteiger charge is 2.24. The molecule has 2 N–H and O–H groups in total. The van der Waals surface area contributed by atoms with Crippen LogP contribution in [0.2, 0.25) is 0 Å². The maximum absolute atomic E-state index is 13.8. The number of fused-ring (bicyclic) bond motifs is 1. The molecule has 0 bridgehead atoms. The molecular weight excluding hydrogens is 295 g/mol. The van der Waals surface area contributed by atoms with Gasteiger partial charge in [-0.05, 0) is 38.4 Å². The van der Waals surface area contributed by atoms with E-state index < -0.39 is 0 Å². The fourth-order valence-electron chi connectivity index (χ4n) is 3.26. The van der Waals surface area contributed by atoms with Gasteiger partial charge in [-0.25, -0.2) is 9.37 Å². The van der Waals surface area contributed by atoms with E-state index in [1.54, 1.807) is 6.07 Å². The van der Waals surface area contributed by atoms with Crippen molar-refractivity contribution in [2.45, 2.75) is 32.2 Å². The van der Waals surface area contributed by atoms with Crippen LogP contribution >= 0.6 is 0 Å². The topological polar surface area (TPSA) is 59.0 Å². The Hall–Kier alpha value is -1.95. The SMILES string of the molecule is C[C@H]1C[C@@H](C(=O)NCCc2nc3c(F)cccc3n2C)CCN1. The van der Waals surface area contributed by atoms with Crippen LogP contribution in [0.15, 0.2) is 18.2 Å². The molecule has 0 radical (unpaired) electrons. The van der Waals surface area contributed by atoms with Crippen LogP contribution in [0.4, 0.5) is 4.39 Å². The van der Waals surface area contributed by atoms with Crippen molar-refractivity contribution in [3.63, 3.8) is 0 Å². The van der Waals surface area contributed by atoms with E-state index in [1.807, 2.05) is 17.7 Å². The molecule has 0 spiro atoms. The van der Waals surface area contributed by atoms with Crippen LogP contribution in [-0.2, 0) is 18.3 Å². The highest BCUT2D eigenvalue weighted by molar-refractivity contribution is 5.79. The summed E-state index contributed by atoms with van der Waals surface area (Å²) in [7, 11) is 1.88. The normalized spacial score (nSPS) is 21.5. The molecule has 1 aromatic heterocycles. The minimum absolute atomic E-state index is 0.0872. The maximum Gasteiger partial charge on any atom is 0.223 e. The van der Waals surface area contributed by atoms with Crippen molar-refractivity contribution in [2.24, 2.45) is 13.0 Å². The number of nitrogens with zero attached hydrogens (tertiary/aromatic N) is 2. The first-order chi connectivity index (χ1) is 11.1. The highest BCUT2D eigenvalue weighted by Crippen LogP contribution is 2.18. The summed E-state index contributed by atoms with van der Waals surface area (Å²) in [5.41, 5.74) is 1.17. The molecule has 2 atom stereocenters. The number of hydrogen-bond acceptors (Lipinski definition) is 3. The van der Waals surface area contributed by atoms with Crippen LogP contribution in [0.3, 0.4) is 0 Å². The standard InChI is InChI=1S/C17H23FN4O/c1-11-10-12(6-8-19-11)17(23)20-9-7-15-21-16-13(18)4-3-5-14(16)22(15)2/h3-5,11-12,19H,6-10H2,1-2H3,(H,20,23)/t11-,12-/m0/s1. The highest BCUT2D eigenvalue weighted by atomic mass is 19.1. The number of nitrogens with one attached hydrogen (secondary N) is 2. The molecule has 1 aromatic carbocycles. The predicted molar refractivity (Wildman–Crippen MR) is 87.6 cm³/mol. The molecule has 2 aromatic rings. The van der Waals surface area contributed by atoms with Crippen LogP contribution in [0, 0.1) is 11.7 Å². The lowest BCUT2D eigenvalue weighted by molar-refractivity contribution is -0.126. The summed E-state index contributed by atoms with van der Waals surface area (Å²) in [6.45, 7) is 3.52. The van der Waals surface area contributed by atoms with Gasteiger partial charge in [0.2, 0.25) is 5.91 Å². The largest absolute Gasteiger partial charge is 0.355 e. The number of para-hydroxylation sites is 1. The van der Waals surface area contributed by atoms with Gasteiger partial charge >= 0.3 is 0 Å². The van der Waals surface area contributed by atoms with Crippen molar-refractivity contribution in [3.05, 3.63) is 29.8 Å². The summed E-state index contributed by atoms with van der Waals surface area (Å²) in [5, 5.41) is 6.34. The Balaban J connectivity index is 1.59. The van der Waals surface area contributed by atoms with Gasteiger partial charge in [0.25, 0.3) is 0 Å². The summed E-state index contributed by atoms with van der Waals surface area (Å²) < 4.78 is 15.6. The molecular formula is C17H23FN4O. The van der Waals surface area contributed by atoms with Gasteiger partial charge in [-0.1, -0.05) is 6.07 Å². The van der Waals surface area contributed by atoms with Crippen LogP contribution in [0.5, 0.6) is 0 Å². The molecule has 1 fully saturated rings. The van der Waals surface area contributed by atoms with Crippen molar-refractivity contribution in [1.29, 1.82) is 0 Å². The smallest absolute Gasteiger partial charge is 0.223 e. The second-order valence-electron chi connectivity index (χ2n) is 6.31. The molecule has 6 heteroatoms. The third-order valence-electron chi connectivity index (χ3n) is 4.60. The summed E-state index contributed by atoms with van der Waals surface area (Å²) >= 11 is 0. The molecule has 124 valence electrons. The Labute approximate surface area is 135 Å². The average Bonchev–Trinajstić information content (AvgIpc) is 2.86. The van der Waals surface area contributed by atoms with Crippen LogP contribution in [0.25, 0.3) is 11.0 Å². The van der Waals surface area contributed by atoms with E-state index >= 15 is 0 Å². The van der Waals surface area contributed by atoms with Crippen molar-refractivity contribution >= 4 is 16.9 Å². The number of rotatable bonds is 4. The zero-order valence-corrected chi connectivity index (χ0v) is 13.6. The second kappa shape index (κ2) is 6.66. The number of carbonyl (C=O) groups excluding carboxylic acids is 1. The molecule has 1 amide bonds. The van der Waals surface area contributed by atoms with Gasteiger partial charge in [0, 0.05) is 32.0 Å². The van der Waals surface area contributed by atoms with Gasteiger partial charge in [-0.15, -0.1) is 0 Å². The third-order valence-corrected chi connectivity index (χ3v) is 4.60. The van der Waals surface area contributed by atoms with Gasteiger partial charge in [0.05, 0.1) is 5.52 Å². The predicted octanol–water partition coefficient (Wildman–Crippen LogP) is 1.76. The van der Waals surface area contributed by atoms with E-state index in [1.165, 1.54) is 6.07 Å². The fourth-order valence-corrected chi connectivity index (χ4v) is 3.26. The number of amides is 1. The van der Waals surface area contributed by atoms with Crippen LogP contribution < -0.4 is 10.6 Å². The molecule has 1 aliphatic rings. The van der Waals surface area contributed by atoms with Crippen molar-refractivity contribution in [1.82, 2.24) is 20.2 Å². The van der Waals surface area contributed by atoms with E-state index in [-0.39, 0.29) is 17.6 Å². The summed E-state index contributed by atoms with van der Waals surface area (Å²) in [4.78, 5) is 16.6. The van der Waals surface area contributed by atoms with Gasteiger partial charge in [-0.3, -0.25) is 4.79 Å². The Kier molecular flexibility index (Phi) is 4.61. The zero-order valence-electron chi connectivity index (χ0n) is 13.6. The number of carbonyl (C=O) groups is 1. The van der Waals surface area contributed by atoms with Gasteiger partial charge in [0.1, 0.15) is 11.3 Å².